The summed E-state index contributed by atoms with van der Waals surface area (Å²) in [6.45, 7) is 1.81. The average molecular weight is 527 g/mol. The molecule has 0 aliphatic heterocycles. The molecule has 0 radical (unpaired) electrons. The molecule has 1 atom stereocenters. The van der Waals surface area contributed by atoms with E-state index in [1.54, 1.807) is 30.3 Å². The summed E-state index contributed by atoms with van der Waals surface area (Å²) in [5, 5.41) is 3.84. The van der Waals surface area contributed by atoms with E-state index in [9.17, 15) is 9.18 Å². The van der Waals surface area contributed by atoms with Crippen LogP contribution in [0.5, 0.6) is 0 Å². The lowest BCUT2D eigenvalue weighted by atomic mass is 10.2. The third kappa shape index (κ3) is 4.83. The summed E-state index contributed by atoms with van der Waals surface area (Å²) in [4.78, 5) is 30.7. The lowest BCUT2D eigenvalue weighted by Crippen LogP contribution is -2.28. The molecule has 0 amide bonds. The first-order chi connectivity index (χ1) is 18.3. The Balaban J connectivity index is 1.63. The minimum atomic E-state index is -0.579. The number of aromatic nitrogens is 5. The molecule has 5 N–H and O–H groups in total. The summed E-state index contributed by atoms with van der Waals surface area (Å²) < 4.78 is 14.7. The van der Waals surface area contributed by atoms with Gasteiger partial charge in [-0.2, -0.15) is 9.97 Å². The van der Waals surface area contributed by atoms with E-state index in [1.807, 2.05) is 25.1 Å². The van der Waals surface area contributed by atoms with Crippen LogP contribution in [0.1, 0.15) is 30.0 Å². The van der Waals surface area contributed by atoms with Crippen molar-refractivity contribution in [2.24, 2.45) is 0 Å². The smallest absolute Gasteiger partial charge is 0.267 e. The topological polar surface area (TPSA) is 138 Å². The van der Waals surface area contributed by atoms with Crippen molar-refractivity contribution in [1.82, 2.24) is 24.5 Å². The molecule has 0 aliphatic rings. The number of rotatable bonds is 4. The molecule has 3 aromatic heterocycles. The molecule has 38 heavy (non-hydrogen) atoms. The van der Waals surface area contributed by atoms with E-state index in [2.05, 4.69) is 32.1 Å². The molecule has 5 aromatic rings. The summed E-state index contributed by atoms with van der Waals surface area (Å²) in [6, 6.07) is 16.3. The van der Waals surface area contributed by atoms with Crippen molar-refractivity contribution in [3.63, 3.8) is 0 Å². The van der Waals surface area contributed by atoms with Crippen molar-refractivity contribution >= 4 is 40.1 Å². The Hall–Kier alpha value is -5.01. The normalized spacial score (nSPS) is 11.6. The fraction of sp³-hybridized carbons (Fsp3) is 0.0741. The van der Waals surface area contributed by atoms with Crippen LogP contribution in [0.15, 0.2) is 71.7 Å². The van der Waals surface area contributed by atoms with Gasteiger partial charge in [-0.1, -0.05) is 41.8 Å². The summed E-state index contributed by atoms with van der Waals surface area (Å²) >= 11 is 6.38. The van der Waals surface area contributed by atoms with Gasteiger partial charge in [-0.3, -0.25) is 9.36 Å². The van der Waals surface area contributed by atoms with Crippen LogP contribution in [0.3, 0.4) is 0 Å². The Bertz CT molecular complexity index is 1780. The first-order valence-electron chi connectivity index (χ1n) is 11.4. The number of para-hydroxylation sites is 1. The third-order valence-electron chi connectivity index (χ3n) is 5.62. The number of nitrogens with one attached hydrogen (secondary N) is 1. The number of fused-ring (bicyclic) bond motifs is 1. The molecule has 0 aliphatic carbocycles. The first-order valence-corrected chi connectivity index (χ1v) is 11.8. The van der Waals surface area contributed by atoms with Crippen LogP contribution in [-0.2, 0) is 0 Å². The predicted molar refractivity (Wildman–Crippen MR) is 145 cm³/mol. The summed E-state index contributed by atoms with van der Waals surface area (Å²) in [5.41, 5.74) is 13.3. The number of hydrogen-bond donors (Lipinski definition) is 3. The van der Waals surface area contributed by atoms with Gasteiger partial charge in [0.05, 0.1) is 33.9 Å². The molecule has 1 unspecified atom stereocenters. The monoisotopic (exact) mass is 526 g/mol. The first kappa shape index (κ1) is 24.7. The molecule has 2 aromatic carbocycles. The van der Waals surface area contributed by atoms with Crippen molar-refractivity contribution in [3.05, 3.63) is 105 Å². The highest BCUT2D eigenvalue weighted by Gasteiger charge is 2.21. The molecule has 3 heterocycles. The van der Waals surface area contributed by atoms with Gasteiger partial charge in [0.25, 0.3) is 5.56 Å². The lowest BCUT2D eigenvalue weighted by molar-refractivity contribution is 0.621. The Labute approximate surface area is 221 Å². The van der Waals surface area contributed by atoms with Gasteiger partial charge in [0.2, 0.25) is 5.95 Å². The zero-order valence-electron chi connectivity index (χ0n) is 20.0. The van der Waals surface area contributed by atoms with Gasteiger partial charge >= 0.3 is 0 Å². The maximum absolute atomic E-state index is 13.7. The van der Waals surface area contributed by atoms with Crippen LogP contribution >= 0.6 is 11.6 Å². The quantitative estimate of drug-likeness (QED) is 0.298. The number of anilines is 3. The molecule has 0 spiro atoms. The van der Waals surface area contributed by atoms with E-state index in [-0.39, 0.29) is 28.7 Å². The van der Waals surface area contributed by atoms with E-state index >= 15 is 0 Å². The van der Waals surface area contributed by atoms with Crippen molar-refractivity contribution in [1.29, 1.82) is 0 Å². The minimum Gasteiger partial charge on any atom is -0.382 e. The van der Waals surface area contributed by atoms with Crippen LogP contribution in [0.4, 0.5) is 22.0 Å². The lowest BCUT2D eigenvalue weighted by Gasteiger charge is -2.21. The van der Waals surface area contributed by atoms with E-state index in [0.717, 1.165) is 6.20 Å². The van der Waals surface area contributed by atoms with Gasteiger partial charge in [0.1, 0.15) is 34.5 Å². The number of nitrogens with two attached hydrogens (primary N) is 2. The molecular formula is C27H20ClFN8O. The highest BCUT2D eigenvalue weighted by Crippen LogP contribution is 2.27. The minimum absolute atomic E-state index is 0.0421. The Morgan fingerprint density at radius 2 is 1.79 bits per heavy atom. The SMILES string of the molecule is CC(Nc1nc(N)nc(N)c1C#Cc1ccc(F)cn1)c1nc2cccc(Cl)c2c(=O)n1-c1ccccc1. The average Bonchev–Trinajstić information content (AvgIpc) is 2.89. The summed E-state index contributed by atoms with van der Waals surface area (Å²) in [6.07, 6.45) is 1.06. The standard InChI is InChI=1S/C27H20ClFN8O/c1-15(33-24-19(23(30)35-27(31)36-24)13-12-17-11-10-16(29)14-32-17)25-34-21-9-5-8-20(28)22(21)26(38)37(25)18-6-3-2-4-7-18/h2-11,14-15H,1H3,(H5,30,31,33,35,36). The number of hydrogen-bond acceptors (Lipinski definition) is 8. The van der Waals surface area contributed by atoms with Crippen molar-refractivity contribution in [2.45, 2.75) is 13.0 Å². The van der Waals surface area contributed by atoms with Crippen LogP contribution in [-0.4, -0.2) is 24.5 Å². The van der Waals surface area contributed by atoms with Crippen molar-refractivity contribution in [3.8, 4) is 17.5 Å². The second-order valence-corrected chi connectivity index (χ2v) is 8.66. The molecule has 0 bridgehead atoms. The Morgan fingerprint density at radius 3 is 2.53 bits per heavy atom. The van der Waals surface area contributed by atoms with Crippen LogP contribution < -0.4 is 22.3 Å². The summed E-state index contributed by atoms with van der Waals surface area (Å²) in [5.74, 6) is 5.84. The maximum Gasteiger partial charge on any atom is 0.267 e. The predicted octanol–water partition coefficient (Wildman–Crippen LogP) is 4.10. The molecule has 188 valence electrons. The van der Waals surface area contributed by atoms with Gasteiger partial charge in [-0.15, -0.1) is 0 Å². The molecule has 9 nitrogen and oxygen atoms in total. The molecule has 0 saturated carbocycles. The van der Waals surface area contributed by atoms with Gasteiger partial charge in [0, 0.05) is 0 Å². The number of nitrogens with zero attached hydrogens (tertiary/aromatic N) is 5. The van der Waals surface area contributed by atoms with Crippen LogP contribution in [0.25, 0.3) is 16.6 Å². The highest BCUT2D eigenvalue weighted by molar-refractivity contribution is 6.35. The van der Waals surface area contributed by atoms with E-state index in [1.165, 1.54) is 16.7 Å². The van der Waals surface area contributed by atoms with Crippen molar-refractivity contribution in [2.75, 3.05) is 16.8 Å². The second kappa shape index (κ2) is 10.2. The molecule has 0 fully saturated rings. The van der Waals surface area contributed by atoms with Crippen molar-refractivity contribution < 1.29 is 4.39 Å². The number of pyridine rings is 1. The van der Waals surface area contributed by atoms with Gasteiger partial charge in [0.15, 0.2) is 0 Å². The Kier molecular flexibility index (Phi) is 6.60. The number of nitrogen functional groups attached to an aromatic ring is 2. The number of benzene rings is 2. The second-order valence-electron chi connectivity index (χ2n) is 8.25. The highest BCUT2D eigenvalue weighted by atomic mass is 35.5. The maximum atomic E-state index is 13.7. The zero-order chi connectivity index (χ0) is 26.8. The molecule has 11 heteroatoms. The largest absolute Gasteiger partial charge is 0.382 e. The fourth-order valence-corrected chi connectivity index (χ4v) is 4.14. The Morgan fingerprint density at radius 1 is 1.00 bits per heavy atom. The van der Waals surface area contributed by atoms with Crippen LogP contribution in [0.2, 0.25) is 5.02 Å². The van der Waals surface area contributed by atoms with Gasteiger partial charge in [-0.25, -0.2) is 14.4 Å². The number of halogens is 2. The third-order valence-corrected chi connectivity index (χ3v) is 5.94. The summed E-state index contributed by atoms with van der Waals surface area (Å²) in [7, 11) is 0. The van der Waals surface area contributed by atoms with E-state index in [0.29, 0.717) is 33.1 Å². The zero-order valence-corrected chi connectivity index (χ0v) is 20.7. The molecule has 0 saturated heterocycles. The molecular weight excluding hydrogens is 507 g/mol. The van der Waals surface area contributed by atoms with Crippen LogP contribution in [0, 0.1) is 17.7 Å². The molecule has 5 rings (SSSR count). The van der Waals surface area contributed by atoms with Gasteiger partial charge in [-0.05, 0) is 49.2 Å². The fourth-order valence-electron chi connectivity index (χ4n) is 3.89. The van der Waals surface area contributed by atoms with E-state index < -0.39 is 11.9 Å². The van der Waals surface area contributed by atoms with E-state index in [4.69, 9.17) is 28.1 Å². The van der Waals surface area contributed by atoms with Gasteiger partial charge < -0.3 is 16.8 Å².